The van der Waals surface area contributed by atoms with Crippen molar-refractivity contribution in [2.24, 2.45) is 4.99 Å². The molecule has 1 atom stereocenters. The molecule has 2 saturated heterocycles. The van der Waals surface area contributed by atoms with Crippen LogP contribution >= 0.6 is 24.0 Å². The summed E-state index contributed by atoms with van der Waals surface area (Å²) in [6.45, 7) is 2.74. The molecular weight excluding hydrogens is 528 g/mol. The number of alkyl halides is 3. The molecule has 174 valence electrons. The van der Waals surface area contributed by atoms with Gasteiger partial charge >= 0.3 is 6.18 Å². The molecule has 2 fully saturated rings. The number of hydrogen-bond donors (Lipinski definition) is 1. The van der Waals surface area contributed by atoms with E-state index in [0.29, 0.717) is 38.7 Å². The van der Waals surface area contributed by atoms with Gasteiger partial charge in [-0.2, -0.15) is 13.2 Å². The van der Waals surface area contributed by atoms with Crippen LogP contribution < -0.4 is 10.1 Å². The summed E-state index contributed by atoms with van der Waals surface area (Å²) in [6.07, 6.45) is -3.17. The number of carbonyl (C=O) groups excluding carboxylic acids is 1. The zero-order chi connectivity index (χ0) is 21.7. The largest absolute Gasteiger partial charge is 0.497 e. The van der Waals surface area contributed by atoms with Crippen molar-refractivity contribution in [2.45, 2.75) is 31.7 Å². The second kappa shape index (κ2) is 11.2. The third-order valence-corrected chi connectivity index (χ3v) is 5.37. The van der Waals surface area contributed by atoms with Crippen molar-refractivity contribution in [1.29, 1.82) is 0 Å². The fraction of sp³-hybridized carbons (Fsp3) is 0.600. The number of amides is 1. The van der Waals surface area contributed by atoms with Gasteiger partial charge in [-0.3, -0.25) is 9.79 Å². The quantitative estimate of drug-likeness (QED) is 0.351. The molecule has 0 aliphatic carbocycles. The lowest BCUT2D eigenvalue weighted by Crippen LogP contribution is -2.55. The number of aliphatic imine (C=N–C) groups is 1. The first-order valence-electron chi connectivity index (χ1n) is 9.93. The Kier molecular flexibility index (Phi) is 9.22. The summed E-state index contributed by atoms with van der Waals surface area (Å²) in [6, 6.07) is 3.90. The van der Waals surface area contributed by atoms with E-state index in [1.807, 2.05) is 4.90 Å². The number of carbonyl (C=O) groups is 1. The van der Waals surface area contributed by atoms with Crippen LogP contribution in [0.2, 0.25) is 0 Å². The average Bonchev–Trinajstić information content (AvgIpc) is 3.28. The normalized spacial score (nSPS) is 19.8. The highest BCUT2D eigenvalue weighted by Gasteiger charge is 2.34. The van der Waals surface area contributed by atoms with E-state index in [4.69, 9.17) is 9.47 Å². The highest BCUT2D eigenvalue weighted by atomic mass is 127. The van der Waals surface area contributed by atoms with Crippen LogP contribution in [-0.2, 0) is 22.3 Å². The molecule has 0 bridgehead atoms. The number of hydrogen-bond acceptors (Lipinski definition) is 4. The van der Waals surface area contributed by atoms with E-state index < -0.39 is 11.7 Å². The van der Waals surface area contributed by atoms with Crippen LogP contribution in [0.5, 0.6) is 5.75 Å². The fourth-order valence-corrected chi connectivity index (χ4v) is 3.72. The van der Waals surface area contributed by atoms with E-state index in [1.54, 1.807) is 11.9 Å². The number of ether oxygens (including phenoxy) is 2. The standard InChI is InChI=1S/C20H27F3N4O3.HI/c1-24-19(25-13-14-5-6-15(29-2)12-16(14)20(21,22)23)27-9-7-26(8-10-27)18(28)17-4-3-11-30-17;/h5-6,12,17H,3-4,7-11,13H2,1-2H3,(H,24,25);1H. The Labute approximate surface area is 197 Å². The van der Waals surface area contributed by atoms with Gasteiger partial charge in [0.25, 0.3) is 5.91 Å². The van der Waals surface area contributed by atoms with Crippen molar-refractivity contribution in [3.63, 3.8) is 0 Å². The molecule has 0 radical (unpaired) electrons. The predicted molar refractivity (Wildman–Crippen MR) is 121 cm³/mol. The van der Waals surface area contributed by atoms with Crippen LogP contribution in [0.3, 0.4) is 0 Å². The van der Waals surface area contributed by atoms with Crippen LogP contribution in [0.1, 0.15) is 24.0 Å². The number of rotatable bonds is 4. The van der Waals surface area contributed by atoms with Crippen LogP contribution in [-0.4, -0.2) is 74.7 Å². The minimum Gasteiger partial charge on any atom is -0.497 e. The Hall–Kier alpha value is -1.76. The molecule has 0 spiro atoms. The summed E-state index contributed by atoms with van der Waals surface area (Å²) in [5, 5.41) is 3.01. The van der Waals surface area contributed by atoms with Gasteiger partial charge in [0, 0.05) is 46.4 Å². The number of benzene rings is 1. The second-order valence-electron chi connectivity index (χ2n) is 7.24. The Morgan fingerprint density at radius 1 is 1.26 bits per heavy atom. The molecule has 1 unspecified atom stereocenters. The molecule has 1 aromatic carbocycles. The molecule has 31 heavy (non-hydrogen) atoms. The smallest absolute Gasteiger partial charge is 0.416 e. The summed E-state index contributed by atoms with van der Waals surface area (Å²) in [5.74, 6) is 0.675. The molecule has 2 heterocycles. The molecule has 7 nitrogen and oxygen atoms in total. The Morgan fingerprint density at radius 3 is 2.48 bits per heavy atom. The minimum atomic E-state index is -4.48. The van der Waals surface area contributed by atoms with E-state index in [0.717, 1.165) is 18.9 Å². The van der Waals surface area contributed by atoms with Crippen molar-refractivity contribution in [1.82, 2.24) is 15.1 Å². The topological polar surface area (TPSA) is 66.4 Å². The van der Waals surface area contributed by atoms with E-state index >= 15 is 0 Å². The van der Waals surface area contributed by atoms with Gasteiger partial charge in [0.15, 0.2) is 5.96 Å². The first kappa shape index (κ1) is 25.5. The maximum atomic E-state index is 13.4. The molecule has 0 aromatic heterocycles. The molecule has 1 amide bonds. The lowest BCUT2D eigenvalue weighted by Gasteiger charge is -2.37. The molecular formula is C20H28F3IN4O3. The first-order chi connectivity index (χ1) is 14.3. The van der Waals surface area contributed by atoms with Crippen LogP contribution in [0.15, 0.2) is 23.2 Å². The fourth-order valence-electron chi connectivity index (χ4n) is 3.72. The molecule has 1 aromatic rings. The van der Waals surface area contributed by atoms with Crippen molar-refractivity contribution in [3.05, 3.63) is 29.3 Å². The molecule has 3 rings (SSSR count). The van der Waals surface area contributed by atoms with Crippen LogP contribution in [0.25, 0.3) is 0 Å². The zero-order valence-corrected chi connectivity index (χ0v) is 19.9. The summed E-state index contributed by atoms with van der Waals surface area (Å²) in [5.41, 5.74) is -0.631. The average molecular weight is 556 g/mol. The maximum absolute atomic E-state index is 13.4. The van der Waals surface area contributed by atoms with Crippen molar-refractivity contribution in [2.75, 3.05) is 46.9 Å². The number of nitrogens with one attached hydrogen (secondary N) is 1. The highest BCUT2D eigenvalue weighted by molar-refractivity contribution is 14.0. The monoisotopic (exact) mass is 556 g/mol. The summed E-state index contributed by atoms with van der Waals surface area (Å²) in [4.78, 5) is 20.4. The Balaban J connectivity index is 0.00000341. The number of methoxy groups -OCH3 is 1. The van der Waals surface area contributed by atoms with Gasteiger partial charge in [-0.1, -0.05) is 6.07 Å². The number of halogens is 4. The van der Waals surface area contributed by atoms with Gasteiger partial charge in [-0.15, -0.1) is 24.0 Å². The van der Waals surface area contributed by atoms with E-state index in [2.05, 4.69) is 10.3 Å². The van der Waals surface area contributed by atoms with Gasteiger partial charge in [0.1, 0.15) is 11.9 Å². The second-order valence-corrected chi connectivity index (χ2v) is 7.24. The number of piperazine rings is 1. The van der Waals surface area contributed by atoms with Crippen LogP contribution in [0.4, 0.5) is 13.2 Å². The lowest BCUT2D eigenvalue weighted by atomic mass is 10.1. The maximum Gasteiger partial charge on any atom is 0.416 e. The first-order valence-corrected chi connectivity index (χ1v) is 9.93. The van der Waals surface area contributed by atoms with E-state index in [1.165, 1.54) is 19.2 Å². The Morgan fingerprint density at radius 2 is 1.94 bits per heavy atom. The van der Waals surface area contributed by atoms with Gasteiger partial charge in [0.05, 0.1) is 12.7 Å². The van der Waals surface area contributed by atoms with E-state index in [-0.39, 0.29) is 53.8 Å². The van der Waals surface area contributed by atoms with Crippen molar-refractivity contribution in [3.8, 4) is 5.75 Å². The SMILES string of the molecule is CN=C(NCc1ccc(OC)cc1C(F)(F)F)N1CCN(C(=O)C2CCCO2)CC1.I. The van der Waals surface area contributed by atoms with Gasteiger partial charge in [-0.25, -0.2) is 0 Å². The summed E-state index contributed by atoms with van der Waals surface area (Å²) >= 11 is 0. The molecule has 0 saturated carbocycles. The van der Waals surface area contributed by atoms with Crippen LogP contribution in [0, 0.1) is 0 Å². The van der Waals surface area contributed by atoms with Gasteiger partial charge < -0.3 is 24.6 Å². The van der Waals surface area contributed by atoms with Gasteiger partial charge in [-0.05, 0) is 30.5 Å². The molecule has 2 aliphatic rings. The summed E-state index contributed by atoms with van der Waals surface area (Å²) < 4.78 is 50.6. The highest BCUT2D eigenvalue weighted by Crippen LogP contribution is 2.34. The lowest BCUT2D eigenvalue weighted by molar-refractivity contribution is -0.142. The van der Waals surface area contributed by atoms with Crippen molar-refractivity contribution >= 4 is 35.8 Å². The third kappa shape index (κ3) is 6.37. The molecule has 11 heteroatoms. The number of guanidine groups is 1. The Bertz CT molecular complexity index is 777. The van der Waals surface area contributed by atoms with Gasteiger partial charge in [0.2, 0.25) is 0 Å². The third-order valence-electron chi connectivity index (χ3n) is 5.37. The molecule has 2 aliphatic heterocycles. The molecule has 1 N–H and O–H groups in total. The minimum absolute atomic E-state index is 0. The van der Waals surface area contributed by atoms with Crippen molar-refractivity contribution < 1.29 is 27.4 Å². The number of nitrogens with zero attached hydrogens (tertiary/aromatic N) is 3. The zero-order valence-electron chi connectivity index (χ0n) is 17.6. The van der Waals surface area contributed by atoms with E-state index in [9.17, 15) is 18.0 Å². The predicted octanol–water partition coefficient (Wildman–Crippen LogP) is 2.73. The summed E-state index contributed by atoms with van der Waals surface area (Å²) in [7, 11) is 2.92.